The molecule has 0 aliphatic carbocycles. The molecule has 1 N–H and O–H groups in total. The quantitative estimate of drug-likeness (QED) is 0.886. The summed E-state index contributed by atoms with van der Waals surface area (Å²) >= 11 is 5.33. The molecular weight excluding hydrogens is 348 g/mol. The highest BCUT2D eigenvalue weighted by Gasteiger charge is 2.28. The third kappa shape index (κ3) is 3.28. The van der Waals surface area contributed by atoms with E-state index in [1.807, 2.05) is 18.2 Å². The number of benzene rings is 2. The molecule has 0 saturated carbocycles. The molecule has 0 bridgehead atoms. The molecule has 4 heteroatoms. The lowest BCUT2D eigenvalue weighted by Gasteiger charge is -2.18. The molecule has 1 aliphatic rings. The van der Waals surface area contributed by atoms with Crippen molar-refractivity contribution in [1.82, 2.24) is 0 Å². The van der Waals surface area contributed by atoms with Crippen LogP contribution in [0.3, 0.4) is 0 Å². The Bertz CT molecular complexity index is 619. The van der Waals surface area contributed by atoms with Crippen molar-refractivity contribution in [2.75, 3.05) is 7.11 Å². The summed E-state index contributed by atoms with van der Waals surface area (Å²) in [4.78, 5) is 1.30. The minimum absolute atomic E-state index is 0.223. The molecule has 1 heterocycles. The molecule has 0 radical (unpaired) electrons. The summed E-state index contributed by atoms with van der Waals surface area (Å²) in [7, 11) is 1.66. The first-order chi connectivity index (χ1) is 10.2. The summed E-state index contributed by atoms with van der Waals surface area (Å²) in [5, 5.41) is 10.8. The van der Waals surface area contributed by atoms with E-state index in [1.54, 1.807) is 18.9 Å². The molecule has 21 heavy (non-hydrogen) atoms. The normalized spacial score (nSPS) is 18.3. The molecule has 2 aromatic rings. The van der Waals surface area contributed by atoms with Gasteiger partial charge in [-0.1, -0.05) is 34.1 Å². The number of ether oxygens (including phenoxy) is 1. The van der Waals surface area contributed by atoms with Crippen LogP contribution >= 0.6 is 27.7 Å². The Balaban J connectivity index is 1.72. The van der Waals surface area contributed by atoms with Crippen LogP contribution in [0.5, 0.6) is 5.75 Å². The monoisotopic (exact) mass is 364 g/mol. The molecule has 0 spiro atoms. The maximum absolute atomic E-state index is 10.6. The van der Waals surface area contributed by atoms with Crippen LogP contribution in [0.4, 0.5) is 0 Å². The van der Waals surface area contributed by atoms with Crippen LogP contribution in [0.2, 0.25) is 0 Å². The van der Waals surface area contributed by atoms with Crippen LogP contribution in [0.25, 0.3) is 0 Å². The van der Waals surface area contributed by atoms with Crippen LogP contribution < -0.4 is 4.74 Å². The standard InChI is InChI=1S/C17H17BrO2S/c1-20-13-6-7-14(18)12(8-13)9-15(19)17-10-11-4-2-3-5-16(11)21-17/h2-8,15,17,19H,9-10H2,1H3. The second-order valence-electron chi connectivity index (χ2n) is 5.20. The smallest absolute Gasteiger partial charge is 0.119 e. The highest BCUT2D eigenvalue weighted by Crippen LogP contribution is 2.39. The lowest BCUT2D eigenvalue weighted by molar-refractivity contribution is 0.172. The molecule has 2 aromatic carbocycles. The number of methoxy groups -OCH3 is 1. The summed E-state index contributed by atoms with van der Waals surface area (Å²) in [5.74, 6) is 0.822. The summed E-state index contributed by atoms with van der Waals surface area (Å²) in [6, 6.07) is 14.3. The molecular formula is C17H17BrO2S. The first-order valence-electron chi connectivity index (χ1n) is 6.92. The van der Waals surface area contributed by atoms with Crippen molar-refractivity contribution in [3.8, 4) is 5.75 Å². The number of aliphatic hydroxyl groups is 1. The minimum atomic E-state index is -0.370. The molecule has 110 valence electrons. The Labute approximate surface area is 137 Å². The summed E-state index contributed by atoms with van der Waals surface area (Å²) in [5.41, 5.74) is 2.43. The topological polar surface area (TPSA) is 29.5 Å². The third-order valence-electron chi connectivity index (χ3n) is 3.78. The van der Waals surface area contributed by atoms with E-state index in [4.69, 9.17) is 4.74 Å². The predicted octanol–water partition coefficient (Wildman–Crippen LogP) is 4.08. The minimum Gasteiger partial charge on any atom is -0.497 e. The van der Waals surface area contributed by atoms with Gasteiger partial charge in [0.25, 0.3) is 0 Å². The SMILES string of the molecule is COc1ccc(Br)c(CC(O)C2Cc3ccccc3S2)c1. The van der Waals surface area contributed by atoms with Gasteiger partial charge in [0.2, 0.25) is 0 Å². The molecule has 2 nitrogen and oxygen atoms in total. The number of hydrogen-bond acceptors (Lipinski definition) is 3. The molecule has 1 aliphatic heterocycles. The van der Waals surface area contributed by atoms with Gasteiger partial charge in [-0.25, -0.2) is 0 Å². The average molecular weight is 365 g/mol. The maximum atomic E-state index is 10.6. The summed E-state index contributed by atoms with van der Waals surface area (Å²) in [6.45, 7) is 0. The Morgan fingerprint density at radius 2 is 2.14 bits per heavy atom. The summed E-state index contributed by atoms with van der Waals surface area (Å²) in [6.07, 6.45) is 1.19. The van der Waals surface area contributed by atoms with E-state index in [1.165, 1.54) is 10.5 Å². The van der Waals surface area contributed by atoms with Gasteiger partial charge in [-0.05, 0) is 41.8 Å². The first kappa shape index (κ1) is 14.9. The van der Waals surface area contributed by atoms with Crippen molar-refractivity contribution in [3.05, 3.63) is 58.1 Å². The van der Waals surface area contributed by atoms with E-state index in [2.05, 4.69) is 40.2 Å². The average Bonchev–Trinajstić information content (AvgIpc) is 2.93. The Morgan fingerprint density at radius 1 is 1.33 bits per heavy atom. The van der Waals surface area contributed by atoms with Crippen LogP contribution in [0.1, 0.15) is 11.1 Å². The second-order valence-corrected chi connectivity index (χ2v) is 7.33. The van der Waals surface area contributed by atoms with Gasteiger partial charge in [0.1, 0.15) is 5.75 Å². The zero-order chi connectivity index (χ0) is 14.8. The van der Waals surface area contributed by atoms with E-state index in [9.17, 15) is 5.11 Å². The number of rotatable bonds is 4. The number of halogens is 1. The van der Waals surface area contributed by atoms with E-state index >= 15 is 0 Å². The molecule has 0 aromatic heterocycles. The lowest BCUT2D eigenvalue weighted by Crippen LogP contribution is -2.25. The zero-order valence-electron chi connectivity index (χ0n) is 11.8. The van der Waals surface area contributed by atoms with Crippen molar-refractivity contribution >= 4 is 27.7 Å². The highest BCUT2D eigenvalue weighted by molar-refractivity contribution is 9.10. The van der Waals surface area contributed by atoms with E-state index < -0.39 is 0 Å². The Morgan fingerprint density at radius 3 is 2.90 bits per heavy atom. The first-order valence-corrected chi connectivity index (χ1v) is 8.59. The van der Waals surface area contributed by atoms with Crippen molar-refractivity contribution < 1.29 is 9.84 Å². The van der Waals surface area contributed by atoms with Gasteiger partial charge in [-0.2, -0.15) is 0 Å². The lowest BCUT2D eigenvalue weighted by atomic mass is 10.0. The second kappa shape index (κ2) is 6.42. The fraction of sp³-hybridized carbons (Fsp3) is 0.294. The zero-order valence-corrected chi connectivity index (χ0v) is 14.2. The van der Waals surface area contributed by atoms with Crippen molar-refractivity contribution in [2.45, 2.75) is 29.1 Å². The third-order valence-corrected chi connectivity index (χ3v) is 5.99. The van der Waals surface area contributed by atoms with E-state index in [0.29, 0.717) is 6.42 Å². The van der Waals surface area contributed by atoms with Crippen LogP contribution in [0, 0.1) is 0 Å². The molecule has 3 rings (SSSR count). The number of fused-ring (bicyclic) bond motifs is 1. The fourth-order valence-corrected chi connectivity index (χ4v) is 4.33. The van der Waals surface area contributed by atoms with Gasteiger partial charge in [-0.15, -0.1) is 11.8 Å². The van der Waals surface area contributed by atoms with E-state index in [-0.39, 0.29) is 11.4 Å². The van der Waals surface area contributed by atoms with Gasteiger partial charge in [0, 0.05) is 21.0 Å². The van der Waals surface area contributed by atoms with E-state index in [0.717, 1.165) is 22.2 Å². The van der Waals surface area contributed by atoms with Gasteiger partial charge in [0.15, 0.2) is 0 Å². The molecule has 0 fully saturated rings. The molecule has 0 saturated heterocycles. The van der Waals surface area contributed by atoms with Crippen LogP contribution in [-0.2, 0) is 12.8 Å². The van der Waals surface area contributed by atoms with Crippen molar-refractivity contribution in [2.24, 2.45) is 0 Å². The highest BCUT2D eigenvalue weighted by atomic mass is 79.9. The number of hydrogen-bond donors (Lipinski definition) is 1. The van der Waals surface area contributed by atoms with Gasteiger partial charge in [-0.3, -0.25) is 0 Å². The number of thioether (sulfide) groups is 1. The number of aliphatic hydroxyl groups excluding tert-OH is 1. The molecule has 2 unspecified atom stereocenters. The molecule has 0 amide bonds. The Kier molecular flexibility index (Phi) is 4.57. The summed E-state index contributed by atoms with van der Waals surface area (Å²) < 4.78 is 6.28. The van der Waals surface area contributed by atoms with Crippen LogP contribution in [0.15, 0.2) is 51.8 Å². The fourth-order valence-electron chi connectivity index (χ4n) is 2.61. The van der Waals surface area contributed by atoms with Crippen molar-refractivity contribution in [3.63, 3.8) is 0 Å². The van der Waals surface area contributed by atoms with Gasteiger partial charge < -0.3 is 9.84 Å². The van der Waals surface area contributed by atoms with Crippen molar-refractivity contribution in [1.29, 1.82) is 0 Å². The maximum Gasteiger partial charge on any atom is 0.119 e. The molecule has 2 atom stereocenters. The van der Waals surface area contributed by atoms with Gasteiger partial charge in [0.05, 0.1) is 13.2 Å². The van der Waals surface area contributed by atoms with Crippen LogP contribution in [-0.4, -0.2) is 23.6 Å². The largest absolute Gasteiger partial charge is 0.497 e. The Hall–Kier alpha value is -0.970. The van der Waals surface area contributed by atoms with Gasteiger partial charge >= 0.3 is 0 Å². The predicted molar refractivity (Wildman–Crippen MR) is 90.2 cm³/mol.